The summed E-state index contributed by atoms with van der Waals surface area (Å²) in [5, 5.41) is 3.02. The third-order valence-electron chi connectivity index (χ3n) is 5.23. The van der Waals surface area contributed by atoms with Crippen molar-refractivity contribution in [2.45, 2.75) is 19.5 Å². The van der Waals surface area contributed by atoms with E-state index in [1.807, 2.05) is 43.3 Å². The van der Waals surface area contributed by atoms with Gasteiger partial charge < -0.3 is 14.6 Å². The van der Waals surface area contributed by atoms with Gasteiger partial charge in [-0.1, -0.05) is 29.8 Å². The van der Waals surface area contributed by atoms with Crippen molar-refractivity contribution in [2.24, 2.45) is 0 Å². The Morgan fingerprint density at radius 2 is 1.93 bits per heavy atom. The van der Waals surface area contributed by atoms with E-state index >= 15 is 0 Å². The first-order valence-corrected chi connectivity index (χ1v) is 9.53. The number of hydrogen-bond donors (Lipinski definition) is 1. The summed E-state index contributed by atoms with van der Waals surface area (Å²) in [4.78, 5) is 15.0. The van der Waals surface area contributed by atoms with Crippen molar-refractivity contribution in [1.82, 2.24) is 9.47 Å². The molecule has 2 aromatic carbocycles. The van der Waals surface area contributed by atoms with Crippen LogP contribution in [0.15, 0.2) is 66.9 Å². The summed E-state index contributed by atoms with van der Waals surface area (Å²) >= 11 is 0. The average Bonchev–Trinajstić information content (AvgIpc) is 3.18. The molecule has 5 heteroatoms. The van der Waals surface area contributed by atoms with Crippen LogP contribution in [0.3, 0.4) is 0 Å². The first-order chi connectivity index (χ1) is 13.6. The molecular formula is C23H25N3O2. The Bertz CT molecular complexity index is 962. The molecular weight excluding hydrogens is 350 g/mol. The fraction of sp³-hybridized carbons (Fsp3) is 0.261. The quantitative estimate of drug-likeness (QED) is 0.737. The lowest BCUT2D eigenvalue weighted by Gasteiger charge is -2.37. The van der Waals surface area contributed by atoms with Crippen molar-refractivity contribution >= 4 is 11.6 Å². The van der Waals surface area contributed by atoms with Crippen molar-refractivity contribution in [3.8, 4) is 5.75 Å². The molecule has 1 aliphatic rings. The van der Waals surface area contributed by atoms with E-state index in [9.17, 15) is 4.79 Å². The van der Waals surface area contributed by atoms with Gasteiger partial charge in [0.25, 0.3) is 0 Å². The molecule has 28 heavy (non-hydrogen) atoms. The van der Waals surface area contributed by atoms with Crippen LogP contribution in [-0.2, 0) is 11.3 Å². The Morgan fingerprint density at radius 1 is 1.11 bits per heavy atom. The Labute approximate surface area is 165 Å². The highest BCUT2D eigenvalue weighted by atomic mass is 16.5. The van der Waals surface area contributed by atoms with Gasteiger partial charge in [0.05, 0.1) is 19.7 Å². The van der Waals surface area contributed by atoms with Crippen LogP contribution in [-0.4, -0.2) is 35.6 Å². The van der Waals surface area contributed by atoms with Gasteiger partial charge in [0.15, 0.2) is 0 Å². The minimum absolute atomic E-state index is 0.00300. The van der Waals surface area contributed by atoms with Gasteiger partial charge in [-0.3, -0.25) is 9.69 Å². The molecule has 144 valence electrons. The molecule has 0 aliphatic carbocycles. The van der Waals surface area contributed by atoms with Crippen molar-refractivity contribution in [1.29, 1.82) is 0 Å². The molecule has 1 aliphatic heterocycles. The second-order valence-electron chi connectivity index (χ2n) is 7.19. The molecule has 0 spiro atoms. The summed E-state index contributed by atoms with van der Waals surface area (Å²) in [6.45, 7) is 4.06. The van der Waals surface area contributed by atoms with E-state index in [0.29, 0.717) is 6.54 Å². The third kappa shape index (κ3) is 3.80. The van der Waals surface area contributed by atoms with E-state index in [-0.39, 0.29) is 11.9 Å². The molecule has 0 radical (unpaired) electrons. The number of fused-ring (bicyclic) bond motifs is 1. The number of hydrogen-bond acceptors (Lipinski definition) is 3. The van der Waals surface area contributed by atoms with Gasteiger partial charge in [0, 0.05) is 30.7 Å². The highest BCUT2D eigenvalue weighted by Gasteiger charge is 2.30. The van der Waals surface area contributed by atoms with Gasteiger partial charge in [0.2, 0.25) is 5.91 Å². The number of carbonyl (C=O) groups is 1. The van der Waals surface area contributed by atoms with Crippen LogP contribution in [0.1, 0.15) is 22.9 Å². The van der Waals surface area contributed by atoms with Crippen LogP contribution in [0.5, 0.6) is 5.75 Å². The molecule has 5 nitrogen and oxygen atoms in total. The molecule has 3 aromatic rings. The highest BCUT2D eigenvalue weighted by molar-refractivity contribution is 5.92. The first-order valence-electron chi connectivity index (χ1n) is 9.53. The smallest absolute Gasteiger partial charge is 0.238 e. The number of methoxy groups -OCH3 is 1. The Balaban J connectivity index is 1.57. The van der Waals surface area contributed by atoms with E-state index in [4.69, 9.17) is 4.74 Å². The van der Waals surface area contributed by atoms with Crippen molar-refractivity contribution < 1.29 is 9.53 Å². The number of nitrogens with one attached hydrogen (secondary N) is 1. The van der Waals surface area contributed by atoms with Crippen molar-refractivity contribution in [3.05, 3.63) is 83.7 Å². The number of ether oxygens (including phenoxy) is 1. The van der Waals surface area contributed by atoms with E-state index in [2.05, 4.69) is 45.2 Å². The summed E-state index contributed by atoms with van der Waals surface area (Å²) in [6.07, 6.45) is 2.10. The van der Waals surface area contributed by atoms with Crippen LogP contribution in [0.4, 0.5) is 5.69 Å². The first kappa shape index (κ1) is 18.3. The fourth-order valence-electron chi connectivity index (χ4n) is 3.82. The number of aryl methyl sites for hydroxylation is 1. The van der Waals surface area contributed by atoms with Crippen LogP contribution < -0.4 is 10.1 Å². The van der Waals surface area contributed by atoms with Gasteiger partial charge in [-0.2, -0.15) is 0 Å². The number of rotatable bonds is 5. The minimum atomic E-state index is -0.00300. The fourth-order valence-corrected chi connectivity index (χ4v) is 3.82. The zero-order chi connectivity index (χ0) is 19.5. The summed E-state index contributed by atoms with van der Waals surface area (Å²) < 4.78 is 7.68. The maximum atomic E-state index is 12.7. The number of anilines is 1. The lowest BCUT2D eigenvalue weighted by Crippen LogP contribution is -2.42. The van der Waals surface area contributed by atoms with Gasteiger partial charge in [-0.05, 0) is 48.9 Å². The van der Waals surface area contributed by atoms with E-state index in [0.717, 1.165) is 30.1 Å². The predicted octanol–water partition coefficient (Wildman–Crippen LogP) is 3.85. The summed E-state index contributed by atoms with van der Waals surface area (Å²) in [5.74, 6) is 0.821. The summed E-state index contributed by atoms with van der Waals surface area (Å²) in [7, 11) is 1.68. The lowest BCUT2D eigenvalue weighted by molar-refractivity contribution is -0.117. The lowest BCUT2D eigenvalue weighted by atomic mass is 9.99. The molecule has 1 unspecified atom stereocenters. The number of carbonyl (C=O) groups excluding carboxylic acids is 1. The molecule has 1 amide bonds. The monoisotopic (exact) mass is 375 g/mol. The number of nitrogens with zero attached hydrogens (tertiary/aromatic N) is 2. The van der Waals surface area contributed by atoms with Gasteiger partial charge in [-0.15, -0.1) is 0 Å². The minimum Gasteiger partial charge on any atom is -0.497 e. The zero-order valence-electron chi connectivity index (χ0n) is 16.3. The Hall–Kier alpha value is -3.05. The van der Waals surface area contributed by atoms with Gasteiger partial charge in [0.1, 0.15) is 5.75 Å². The third-order valence-corrected chi connectivity index (χ3v) is 5.23. The highest BCUT2D eigenvalue weighted by Crippen LogP contribution is 2.33. The molecule has 1 N–H and O–H groups in total. The van der Waals surface area contributed by atoms with Crippen LogP contribution in [0.2, 0.25) is 0 Å². The van der Waals surface area contributed by atoms with E-state index in [1.54, 1.807) is 7.11 Å². The maximum Gasteiger partial charge on any atom is 0.238 e. The zero-order valence-corrected chi connectivity index (χ0v) is 16.3. The van der Waals surface area contributed by atoms with Gasteiger partial charge >= 0.3 is 0 Å². The maximum absolute atomic E-state index is 12.7. The summed E-state index contributed by atoms with van der Waals surface area (Å²) in [6, 6.07) is 20.2. The molecule has 2 heterocycles. The molecule has 1 aromatic heterocycles. The second-order valence-corrected chi connectivity index (χ2v) is 7.19. The van der Waals surface area contributed by atoms with E-state index in [1.165, 1.54) is 11.3 Å². The topological polar surface area (TPSA) is 46.5 Å². The SMILES string of the molecule is COc1cccc(C2c3cccn3CCN2CC(=O)Nc2ccc(C)cc2)c1. The Morgan fingerprint density at radius 3 is 2.71 bits per heavy atom. The number of aromatic nitrogens is 1. The molecule has 0 saturated carbocycles. The van der Waals surface area contributed by atoms with Crippen molar-refractivity contribution in [3.63, 3.8) is 0 Å². The second kappa shape index (κ2) is 7.90. The molecule has 0 saturated heterocycles. The molecule has 1 atom stereocenters. The van der Waals surface area contributed by atoms with Crippen LogP contribution in [0.25, 0.3) is 0 Å². The van der Waals surface area contributed by atoms with Crippen molar-refractivity contribution in [2.75, 3.05) is 25.5 Å². The van der Waals surface area contributed by atoms with Gasteiger partial charge in [-0.25, -0.2) is 0 Å². The average molecular weight is 375 g/mol. The van der Waals surface area contributed by atoms with Crippen LogP contribution >= 0.6 is 0 Å². The molecule has 4 rings (SSSR count). The van der Waals surface area contributed by atoms with Crippen LogP contribution in [0, 0.1) is 6.92 Å². The standard InChI is InChI=1S/C23H25N3O2/c1-17-8-10-19(11-9-17)24-22(27)16-26-14-13-25-12-4-7-21(25)23(26)18-5-3-6-20(15-18)28-2/h3-12,15,23H,13-14,16H2,1-2H3,(H,24,27). The summed E-state index contributed by atoms with van der Waals surface area (Å²) in [5.41, 5.74) is 4.33. The predicted molar refractivity (Wildman–Crippen MR) is 111 cm³/mol. The number of amides is 1. The number of benzene rings is 2. The Kier molecular flexibility index (Phi) is 5.17. The molecule has 0 fully saturated rings. The van der Waals surface area contributed by atoms with E-state index < -0.39 is 0 Å². The largest absolute Gasteiger partial charge is 0.497 e. The normalized spacial score (nSPS) is 16.4. The molecule has 0 bridgehead atoms.